The quantitative estimate of drug-likeness (QED) is 0.843. The molecule has 3 unspecified atom stereocenters. The summed E-state index contributed by atoms with van der Waals surface area (Å²) < 4.78 is 0. The molecule has 1 N–H and O–H groups in total. The summed E-state index contributed by atoms with van der Waals surface area (Å²) in [5, 5.41) is 3.84. The highest BCUT2D eigenvalue weighted by Gasteiger charge is 2.27. The van der Waals surface area contributed by atoms with E-state index in [-0.39, 0.29) is 0 Å². The Balaban J connectivity index is 1.67. The number of rotatable bonds is 2. The summed E-state index contributed by atoms with van der Waals surface area (Å²) in [7, 11) is 0. The Hall–Kier alpha value is -0.890. The van der Waals surface area contributed by atoms with Crippen molar-refractivity contribution in [1.82, 2.24) is 10.3 Å². The van der Waals surface area contributed by atoms with Gasteiger partial charge in [0.25, 0.3) is 0 Å². The Morgan fingerprint density at radius 3 is 3.12 bits per heavy atom. The normalized spacial score (nSPS) is 32.4. The number of nitrogens with one attached hydrogen (secondary N) is 1. The molecule has 0 bridgehead atoms. The minimum atomic E-state index is 0.515. The highest BCUT2D eigenvalue weighted by molar-refractivity contribution is 5.28. The molecular formula is C15H22N2. The zero-order valence-electron chi connectivity index (χ0n) is 10.7. The van der Waals surface area contributed by atoms with Crippen LogP contribution in [0.5, 0.6) is 0 Å². The van der Waals surface area contributed by atoms with E-state index < -0.39 is 0 Å². The Kier molecular flexibility index (Phi) is 3.15. The van der Waals surface area contributed by atoms with E-state index in [0.29, 0.717) is 6.04 Å². The van der Waals surface area contributed by atoms with Crippen molar-refractivity contribution in [2.45, 2.75) is 57.5 Å². The van der Waals surface area contributed by atoms with Crippen molar-refractivity contribution in [2.24, 2.45) is 5.92 Å². The van der Waals surface area contributed by atoms with E-state index in [4.69, 9.17) is 0 Å². The van der Waals surface area contributed by atoms with E-state index in [0.717, 1.165) is 12.0 Å². The molecule has 17 heavy (non-hydrogen) atoms. The first-order valence-electron chi connectivity index (χ1n) is 7.03. The number of aromatic nitrogens is 1. The third-order valence-electron chi connectivity index (χ3n) is 4.33. The summed E-state index contributed by atoms with van der Waals surface area (Å²) >= 11 is 0. The second kappa shape index (κ2) is 4.77. The van der Waals surface area contributed by atoms with E-state index >= 15 is 0 Å². The lowest BCUT2D eigenvalue weighted by molar-refractivity contribution is 0.279. The van der Waals surface area contributed by atoms with Crippen molar-refractivity contribution < 1.29 is 0 Å². The lowest BCUT2D eigenvalue weighted by atomic mass is 9.86. The van der Waals surface area contributed by atoms with Crippen molar-refractivity contribution in [3.8, 4) is 0 Å². The largest absolute Gasteiger partial charge is 0.306 e. The highest BCUT2D eigenvalue weighted by atomic mass is 15.0. The van der Waals surface area contributed by atoms with Gasteiger partial charge in [0, 0.05) is 12.2 Å². The number of hydrogen-bond acceptors (Lipinski definition) is 2. The summed E-state index contributed by atoms with van der Waals surface area (Å²) in [6, 6.07) is 5.52. The molecule has 92 valence electrons. The van der Waals surface area contributed by atoms with E-state index in [2.05, 4.69) is 29.4 Å². The lowest BCUT2D eigenvalue weighted by Crippen LogP contribution is -2.35. The molecule has 3 atom stereocenters. The van der Waals surface area contributed by atoms with Gasteiger partial charge in [0.15, 0.2) is 0 Å². The van der Waals surface area contributed by atoms with Gasteiger partial charge in [-0.2, -0.15) is 0 Å². The van der Waals surface area contributed by atoms with Crippen molar-refractivity contribution in [3.63, 3.8) is 0 Å². The van der Waals surface area contributed by atoms with Crippen LogP contribution in [0.15, 0.2) is 18.3 Å². The molecule has 0 amide bonds. The van der Waals surface area contributed by atoms with Crippen LogP contribution >= 0.6 is 0 Å². The van der Waals surface area contributed by atoms with Crippen LogP contribution < -0.4 is 5.32 Å². The minimum Gasteiger partial charge on any atom is -0.306 e. The second-order valence-corrected chi connectivity index (χ2v) is 5.77. The molecule has 1 fully saturated rings. The average Bonchev–Trinajstić information content (AvgIpc) is 2.73. The van der Waals surface area contributed by atoms with Crippen LogP contribution in [0.1, 0.15) is 56.3 Å². The second-order valence-electron chi connectivity index (χ2n) is 5.77. The van der Waals surface area contributed by atoms with Crippen LogP contribution in [-0.2, 0) is 6.42 Å². The molecule has 2 nitrogen and oxygen atoms in total. The Morgan fingerprint density at radius 2 is 2.24 bits per heavy atom. The van der Waals surface area contributed by atoms with Crippen LogP contribution in [0, 0.1) is 5.92 Å². The molecule has 2 aliphatic carbocycles. The third-order valence-corrected chi connectivity index (χ3v) is 4.33. The van der Waals surface area contributed by atoms with Crippen molar-refractivity contribution in [2.75, 3.05) is 0 Å². The van der Waals surface area contributed by atoms with Gasteiger partial charge in [-0.15, -0.1) is 0 Å². The predicted molar refractivity (Wildman–Crippen MR) is 69.9 cm³/mol. The molecular weight excluding hydrogens is 208 g/mol. The fourth-order valence-corrected chi connectivity index (χ4v) is 3.44. The van der Waals surface area contributed by atoms with E-state index in [1.165, 1.54) is 49.8 Å². The molecule has 0 radical (unpaired) electrons. The Labute approximate surface area is 104 Å². The number of aryl methyl sites for hydroxylation is 1. The molecule has 0 aromatic carbocycles. The predicted octanol–water partition coefficient (Wildman–Crippen LogP) is 3.24. The number of fused-ring (bicyclic) bond motifs is 1. The third kappa shape index (κ3) is 2.37. The molecule has 0 aliphatic heterocycles. The SMILES string of the molecule is CC1CCCC(NC2CCc3cccnc32)C1. The van der Waals surface area contributed by atoms with Crippen LogP contribution in [-0.4, -0.2) is 11.0 Å². The molecule has 2 aliphatic rings. The van der Waals surface area contributed by atoms with Gasteiger partial charge in [-0.05, 0) is 43.2 Å². The Morgan fingerprint density at radius 1 is 1.29 bits per heavy atom. The van der Waals surface area contributed by atoms with E-state index in [9.17, 15) is 0 Å². The summed E-state index contributed by atoms with van der Waals surface area (Å²) in [5.74, 6) is 0.894. The van der Waals surface area contributed by atoms with Gasteiger partial charge in [-0.1, -0.05) is 25.8 Å². The number of nitrogens with zero attached hydrogens (tertiary/aromatic N) is 1. The van der Waals surface area contributed by atoms with Gasteiger partial charge < -0.3 is 5.32 Å². The fourth-order valence-electron chi connectivity index (χ4n) is 3.44. The summed E-state index contributed by atoms with van der Waals surface area (Å²) in [4.78, 5) is 4.56. The van der Waals surface area contributed by atoms with Gasteiger partial charge in [-0.3, -0.25) is 4.98 Å². The minimum absolute atomic E-state index is 0.515. The monoisotopic (exact) mass is 230 g/mol. The summed E-state index contributed by atoms with van der Waals surface area (Å²) in [6.07, 6.45) is 9.86. The Bertz CT molecular complexity index is 388. The van der Waals surface area contributed by atoms with E-state index in [1.807, 2.05) is 6.20 Å². The molecule has 1 heterocycles. The van der Waals surface area contributed by atoms with Gasteiger partial charge in [-0.25, -0.2) is 0 Å². The van der Waals surface area contributed by atoms with Gasteiger partial charge in [0.1, 0.15) is 0 Å². The first kappa shape index (κ1) is 11.2. The topological polar surface area (TPSA) is 24.9 Å². The fraction of sp³-hybridized carbons (Fsp3) is 0.667. The standard InChI is InChI=1S/C15H22N2/c1-11-4-2-6-13(10-11)17-14-8-7-12-5-3-9-16-15(12)14/h3,5,9,11,13-14,17H,2,4,6-8,10H2,1H3. The molecule has 0 spiro atoms. The average molecular weight is 230 g/mol. The first-order chi connectivity index (χ1) is 8.33. The van der Waals surface area contributed by atoms with Gasteiger partial charge in [0.2, 0.25) is 0 Å². The highest BCUT2D eigenvalue weighted by Crippen LogP contribution is 2.32. The van der Waals surface area contributed by atoms with Crippen molar-refractivity contribution in [3.05, 3.63) is 29.6 Å². The number of pyridine rings is 1. The summed E-state index contributed by atoms with van der Waals surface area (Å²) in [5.41, 5.74) is 2.76. The van der Waals surface area contributed by atoms with Crippen molar-refractivity contribution >= 4 is 0 Å². The van der Waals surface area contributed by atoms with Gasteiger partial charge >= 0.3 is 0 Å². The lowest BCUT2D eigenvalue weighted by Gasteiger charge is -2.30. The maximum absolute atomic E-state index is 4.56. The molecule has 1 aromatic heterocycles. The molecule has 1 aromatic rings. The molecule has 2 heteroatoms. The van der Waals surface area contributed by atoms with Crippen LogP contribution in [0.3, 0.4) is 0 Å². The van der Waals surface area contributed by atoms with Crippen LogP contribution in [0.2, 0.25) is 0 Å². The first-order valence-corrected chi connectivity index (χ1v) is 7.03. The van der Waals surface area contributed by atoms with Crippen molar-refractivity contribution in [1.29, 1.82) is 0 Å². The molecule has 3 rings (SSSR count). The molecule has 1 saturated carbocycles. The van der Waals surface area contributed by atoms with Gasteiger partial charge in [0.05, 0.1) is 11.7 Å². The smallest absolute Gasteiger partial charge is 0.0605 e. The maximum atomic E-state index is 4.56. The van der Waals surface area contributed by atoms with Crippen LogP contribution in [0.4, 0.5) is 0 Å². The molecule has 0 saturated heterocycles. The van der Waals surface area contributed by atoms with E-state index in [1.54, 1.807) is 0 Å². The summed E-state index contributed by atoms with van der Waals surface area (Å²) in [6.45, 7) is 2.38. The number of hydrogen-bond donors (Lipinski definition) is 1. The maximum Gasteiger partial charge on any atom is 0.0605 e. The zero-order valence-corrected chi connectivity index (χ0v) is 10.7. The zero-order chi connectivity index (χ0) is 11.7. The van der Waals surface area contributed by atoms with Crippen LogP contribution in [0.25, 0.3) is 0 Å².